The third-order valence-corrected chi connectivity index (χ3v) is 10.2. The fourth-order valence-corrected chi connectivity index (χ4v) is 7.56. The monoisotopic (exact) mass is 573 g/mol. The molecule has 3 aliphatic heterocycles. The zero-order chi connectivity index (χ0) is 28.4. The Labute approximate surface area is 244 Å². The Morgan fingerprint density at radius 2 is 1.83 bits per heavy atom. The number of pyridine rings is 1. The number of carbonyl (C=O) groups excluding carboxylic acids is 1. The average Bonchev–Trinajstić information content (AvgIpc) is 3.38. The van der Waals surface area contributed by atoms with Gasteiger partial charge in [0.05, 0.1) is 16.5 Å². The molecule has 9 heteroatoms. The first-order chi connectivity index (χ1) is 19.9. The van der Waals surface area contributed by atoms with Crippen molar-refractivity contribution in [3.8, 4) is 0 Å². The zero-order valence-electron chi connectivity index (χ0n) is 24.0. The summed E-state index contributed by atoms with van der Waals surface area (Å²) in [5, 5.41) is 3.58. The van der Waals surface area contributed by atoms with Gasteiger partial charge in [0.15, 0.2) is 5.78 Å². The van der Waals surface area contributed by atoms with Crippen molar-refractivity contribution in [3.05, 3.63) is 71.2 Å². The molecular weight excluding hydrogens is 534 g/mol. The molecule has 2 aromatic heterocycles. The highest BCUT2D eigenvalue weighted by Crippen LogP contribution is 2.35. The average molecular weight is 574 g/mol. The second-order valence-electron chi connectivity index (χ2n) is 12.1. The van der Waals surface area contributed by atoms with Crippen LogP contribution in [-0.2, 0) is 27.4 Å². The Morgan fingerprint density at radius 3 is 2.59 bits per heavy atom. The Kier molecular flexibility index (Phi) is 8.17. The van der Waals surface area contributed by atoms with E-state index in [0.29, 0.717) is 18.1 Å². The predicted octanol–water partition coefficient (Wildman–Crippen LogP) is 5.06. The number of anilines is 2. The Morgan fingerprint density at radius 1 is 1.07 bits per heavy atom. The second kappa shape index (κ2) is 12.0. The summed E-state index contributed by atoms with van der Waals surface area (Å²) in [6, 6.07) is 12.5. The van der Waals surface area contributed by atoms with E-state index in [2.05, 4.69) is 41.2 Å². The number of hydrogen-bond acceptors (Lipinski definition) is 8. The largest absolute Gasteiger partial charge is 0.381 e. The highest BCUT2D eigenvalue weighted by Gasteiger charge is 2.31. The number of fused-ring (bicyclic) bond motifs is 1. The maximum Gasteiger partial charge on any atom is 0.227 e. The lowest BCUT2D eigenvalue weighted by atomic mass is 9.79. The van der Waals surface area contributed by atoms with Crippen LogP contribution in [0.4, 0.5) is 11.8 Å². The number of piperidine rings is 1. The van der Waals surface area contributed by atoms with Gasteiger partial charge in [0, 0.05) is 68.9 Å². The molecule has 1 atom stereocenters. The van der Waals surface area contributed by atoms with Crippen LogP contribution in [0.1, 0.15) is 79.0 Å². The van der Waals surface area contributed by atoms with Crippen molar-refractivity contribution < 1.29 is 13.7 Å². The molecule has 216 valence electrons. The van der Waals surface area contributed by atoms with E-state index in [9.17, 15) is 9.00 Å². The standard InChI is InChI=1S/C32H39N5O3S/c1-32(2,25-6-13-33-14-7-25)21-28(38)24-5-3-4-23(20-24)22-8-15-37(16-9-22)31-35-27-12-19-41(39)29(27)30(36-31)34-26-10-17-40-18-11-26/h3-7,13-14,20,22,26H,8-12,15-19,21H2,1-2H3,(H,34,35,36). The van der Waals surface area contributed by atoms with Crippen molar-refractivity contribution in [3.63, 3.8) is 0 Å². The van der Waals surface area contributed by atoms with Crippen molar-refractivity contribution >= 4 is 28.3 Å². The summed E-state index contributed by atoms with van der Waals surface area (Å²) in [6.07, 6.45) is 8.53. The third kappa shape index (κ3) is 6.21. The number of nitrogens with zero attached hydrogens (tertiary/aromatic N) is 4. The topological polar surface area (TPSA) is 97.3 Å². The first kappa shape index (κ1) is 28.0. The first-order valence-corrected chi connectivity index (χ1v) is 16.1. The number of benzene rings is 1. The van der Waals surface area contributed by atoms with E-state index >= 15 is 0 Å². The van der Waals surface area contributed by atoms with Crippen molar-refractivity contribution in [2.45, 2.75) is 74.6 Å². The molecule has 0 saturated carbocycles. The zero-order valence-corrected chi connectivity index (χ0v) is 24.8. The van der Waals surface area contributed by atoms with E-state index in [4.69, 9.17) is 14.7 Å². The summed E-state index contributed by atoms with van der Waals surface area (Å²) in [5.41, 5.74) is 3.79. The molecule has 0 bridgehead atoms. The van der Waals surface area contributed by atoms with Crippen LogP contribution in [0, 0.1) is 0 Å². The molecule has 6 rings (SSSR count). The van der Waals surface area contributed by atoms with E-state index in [1.54, 1.807) is 12.4 Å². The van der Waals surface area contributed by atoms with Crippen LogP contribution in [0.15, 0.2) is 53.7 Å². The van der Waals surface area contributed by atoms with E-state index in [-0.39, 0.29) is 17.2 Å². The predicted molar refractivity (Wildman–Crippen MR) is 161 cm³/mol. The highest BCUT2D eigenvalue weighted by atomic mass is 32.2. The molecule has 0 amide bonds. The van der Waals surface area contributed by atoms with E-state index < -0.39 is 10.8 Å². The van der Waals surface area contributed by atoms with Crippen LogP contribution in [0.25, 0.3) is 0 Å². The number of nitrogens with one attached hydrogen (secondary N) is 1. The molecule has 1 N–H and O–H groups in total. The van der Waals surface area contributed by atoms with E-state index in [0.717, 1.165) is 91.9 Å². The lowest BCUT2D eigenvalue weighted by Gasteiger charge is -2.33. The second-order valence-corrected chi connectivity index (χ2v) is 13.6. The van der Waals surface area contributed by atoms with Crippen LogP contribution in [0.2, 0.25) is 0 Å². The number of aromatic nitrogens is 3. The van der Waals surface area contributed by atoms with Gasteiger partial charge in [-0.25, -0.2) is 4.98 Å². The fraction of sp³-hybridized carbons (Fsp3) is 0.500. The lowest BCUT2D eigenvalue weighted by Crippen LogP contribution is -2.35. The summed E-state index contributed by atoms with van der Waals surface area (Å²) < 4.78 is 18.3. The molecule has 8 nitrogen and oxygen atoms in total. The minimum absolute atomic E-state index is 0.166. The van der Waals surface area contributed by atoms with Crippen molar-refractivity contribution in [1.82, 2.24) is 15.0 Å². The molecule has 3 aromatic rings. The molecule has 0 aliphatic carbocycles. The van der Waals surface area contributed by atoms with Crippen LogP contribution in [0.5, 0.6) is 0 Å². The molecule has 0 radical (unpaired) electrons. The SMILES string of the molecule is CC(C)(CC(=O)c1cccc(C2CCN(c3nc4c(c(NC5CCOCC5)n3)S(=O)CC4)CC2)c1)c1ccncc1. The number of carbonyl (C=O) groups is 1. The van der Waals surface area contributed by atoms with Gasteiger partial charge >= 0.3 is 0 Å². The number of aryl methyl sites for hydroxylation is 1. The fourth-order valence-electron chi connectivity index (χ4n) is 6.25. The molecule has 0 spiro atoms. The molecule has 2 saturated heterocycles. The summed E-state index contributed by atoms with van der Waals surface area (Å²) in [7, 11) is -1.05. The minimum atomic E-state index is -1.05. The molecule has 3 aliphatic rings. The van der Waals surface area contributed by atoms with Crippen molar-refractivity contribution in [1.29, 1.82) is 0 Å². The maximum atomic E-state index is 13.3. The van der Waals surface area contributed by atoms with Crippen LogP contribution in [0.3, 0.4) is 0 Å². The maximum absolute atomic E-state index is 13.3. The molecule has 41 heavy (non-hydrogen) atoms. The summed E-state index contributed by atoms with van der Waals surface area (Å²) in [4.78, 5) is 30.3. The van der Waals surface area contributed by atoms with Crippen molar-refractivity contribution in [2.75, 3.05) is 42.3 Å². The van der Waals surface area contributed by atoms with Gasteiger partial charge in [0.2, 0.25) is 5.95 Å². The van der Waals surface area contributed by atoms with E-state index in [1.807, 2.05) is 24.3 Å². The van der Waals surface area contributed by atoms with E-state index in [1.165, 1.54) is 5.56 Å². The molecular formula is C32H39N5O3S. The Balaban J connectivity index is 1.13. The van der Waals surface area contributed by atoms with Crippen LogP contribution >= 0.6 is 0 Å². The number of hydrogen-bond donors (Lipinski definition) is 1. The lowest BCUT2D eigenvalue weighted by molar-refractivity contribution is 0.0903. The number of Topliss-reactive ketones (excluding diaryl/α,β-unsaturated/α-hetero) is 1. The van der Waals surface area contributed by atoms with Gasteiger partial charge in [-0.1, -0.05) is 32.0 Å². The van der Waals surface area contributed by atoms with Crippen molar-refractivity contribution in [2.24, 2.45) is 0 Å². The minimum Gasteiger partial charge on any atom is -0.381 e. The summed E-state index contributed by atoms with van der Waals surface area (Å²) in [5.74, 6) is 2.65. The van der Waals surface area contributed by atoms with Gasteiger partial charge < -0.3 is 15.0 Å². The van der Waals surface area contributed by atoms with Gasteiger partial charge in [-0.05, 0) is 66.3 Å². The smallest absolute Gasteiger partial charge is 0.227 e. The number of ether oxygens (including phenoxy) is 1. The van der Waals surface area contributed by atoms with Gasteiger partial charge in [0.1, 0.15) is 10.7 Å². The molecule has 1 aromatic carbocycles. The van der Waals surface area contributed by atoms with Gasteiger partial charge in [-0.2, -0.15) is 4.98 Å². The summed E-state index contributed by atoms with van der Waals surface area (Å²) >= 11 is 0. The summed E-state index contributed by atoms with van der Waals surface area (Å²) in [6.45, 7) is 7.40. The van der Waals surface area contributed by atoms with Gasteiger partial charge in [0.25, 0.3) is 0 Å². The molecule has 2 fully saturated rings. The normalized spacial score (nSPS) is 20.1. The quantitative estimate of drug-likeness (QED) is 0.374. The number of ketones is 1. The Hall–Kier alpha value is -3.17. The third-order valence-electron chi connectivity index (χ3n) is 8.76. The van der Waals surface area contributed by atoms with Gasteiger partial charge in [-0.3, -0.25) is 14.0 Å². The van der Waals surface area contributed by atoms with Gasteiger partial charge in [-0.15, -0.1) is 0 Å². The van der Waals surface area contributed by atoms with Crippen LogP contribution < -0.4 is 10.2 Å². The molecule has 5 heterocycles. The van der Waals surface area contributed by atoms with Crippen LogP contribution in [-0.4, -0.2) is 63.0 Å². The highest BCUT2D eigenvalue weighted by molar-refractivity contribution is 7.85. The molecule has 1 unspecified atom stereocenters. The first-order valence-electron chi connectivity index (χ1n) is 14.8. The number of rotatable bonds is 8. The Bertz CT molecular complexity index is 1420.